The summed E-state index contributed by atoms with van der Waals surface area (Å²) in [5, 5.41) is 18.2. The Morgan fingerprint density at radius 2 is 1.47 bits per heavy atom. The van der Waals surface area contributed by atoms with E-state index < -0.39 is 10.0 Å². The lowest BCUT2D eigenvalue weighted by atomic mass is 10.2. The van der Waals surface area contributed by atoms with Gasteiger partial charge in [0, 0.05) is 23.5 Å². The second kappa shape index (κ2) is 5.16. The summed E-state index contributed by atoms with van der Waals surface area (Å²) in [5.74, 6) is 0. The minimum absolute atomic E-state index is 0.169. The molecule has 0 aliphatic heterocycles. The number of hydrogen-bond donors (Lipinski definition) is 2. The Morgan fingerprint density at radius 1 is 1.00 bits per heavy atom. The molecule has 102 valence electrons. The number of aromatic nitrogens is 1. The Bertz CT molecular complexity index is 650. The smallest absolute Gasteiger partial charge is 0.267 e. The topological polar surface area (TPSA) is 79.5 Å². The van der Waals surface area contributed by atoms with E-state index in [0.717, 1.165) is 9.54 Å². The van der Waals surface area contributed by atoms with Crippen molar-refractivity contribution in [3.63, 3.8) is 0 Å². The summed E-state index contributed by atoms with van der Waals surface area (Å²) < 4.78 is 25.7. The van der Waals surface area contributed by atoms with Crippen molar-refractivity contribution >= 4 is 10.0 Å². The van der Waals surface area contributed by atoms with Crippen molar-refractivity contribution in [2.45, 2.75) is 25.0 Å². The molecule has 1 aromatic heterocycles. The number of aliphatic hydroxyl groups is 2. The zero-order valence-electron chi connectivity index (χ0n) is 10.4. The predicted molar refractivity (Wildman–Crippen MR) is 70.0 cm³/mol. The standard InChI is InChI=1S/C13H15NO4S/c1-10-2-4-13(5-3-10)19(17,18)14-6-11(8-15)12(7-14)9-16/h2-7,15-16H,8-9H2,1H3. The Morgan fingerprint density at radius 3 is 1.89 bits per heavy atom. The van der Waals surface area contributed by atoms with Crippen LogP contribution in [-0.2, 0) is 23.2 Å². The third kappa shape index (κ3) is 2.56. The molecule has 6 heteroatoms. The summed E-state index contributed by atoms with van der Waals surface area (Å²) in [6, 6.07) is 6.50. The molecule has 2 rings (SSSR count). The molecule has 2 N–H and O–H groups in total. The van der Waals surface area contributed by atoms with Gasteiger partial charge in [0.15, 0.2) is 0 Å². The SMILES string of the molecule is Cc1ccc(S(=O)(=O)n2cc(CO)c(CO)c2)cc1. The van der Waals surface area contributed by atoms with Gasteiger partial charge >= 0.3 is 0 Å². The van der Waals surface area contributed by atoms with Gasteiger partial charge in [-0.05, 0) is 19.1 Å². The average molecular weight is 281 g/mol. The van der Waals surface area contributed by atoms with Crippen LogP contribution >= 0.6 is 0 Å². The molecule has 0 amide bonds. The van der Waals surface area contributed by atoms with E-state index in [9.17, 15) is 8.42 Å². The van der Waals surface area contributed by atoms with Gasteiger partial charge in [0.25, 0.3) is 10.0 Å². The lowest BCUT2D eigenvalue weighted by Gasteiger charge is -2.05. The molecule has 0 saturated carbocycles. The van der Waals surface area contributed by atoms with Gasteiger partial charge < -0.3 is 10.2 Å². The van der Waals surface area contributed by atoms with Crippen molar-refractivity contribution in [2.24, 2.45) is 0 Å². The molecule has 0 unspecified atom stereocenters. The number of aryl methyl sites for hydroxylation is 1. The lowest BCUT2D eigenvalue weighted by molar-refractivity contribution is 0.261. The van der Waals surface area contributed by atoms with E-state index in [1.165, 1.54) is 24.5 Å². The number of aliphatic hydroxyl groups excluding tert-OH is 2. The van der Waals surface area contributed by atoms with Gasteiger partial charge in [-0.3, -0.25) is 0 Å². The molecule has 1 aromatic carbocycles. The van der Waals surface area contributed by atoms with Crippen LogP contribution in [0.15, 0.2) is 41.6 Å². The van der Waals surface area contributed by atoms with E-state index in [4.69, 9.17) is 10.2 Å². The first-order valence-corrected chi connectivity index (χ1v) is 7.16. The summed E-state index contributed by atoms with van der Waals surface area (Å²) in [6.45, 7) is 1.25. The zero-order chi connectivity index (χ0) is 14.0. The molecule has 0 aliphatic carbocycles. The number of hydrogen-bond acceptors (Lipinski definition) is 4. The summed E-state index contributed by atoms with van der Waals surface area (Å²) in [6.07, 6.45) is 2.64. The highest BCUT2D eigenvalue weighted by molar-refractivity contribution is 7.90. The first-order valence-electron chi connectivity index (χ1n) is 5.72. The summed E-state index contributed by atoms with van der Waals surface area (Å²) in [7, 11) is -3.68. The first kappa shape index (κ1) is 13.8. The maximum atomic E-state index is 12.3. The fraction of sp³-hybridized carbons (Fsp3) is 0.231. The third-order valence-corrected chi connectivity index (χ3v) is 4.55. The van der Waals surface area contributed by atoms with Gasteiger partial charge in [0.2, 0.25) is 0 Å². The second-order valence-electron chi connectivity index (χ2n) is 4.27. The van der Waals surface area contributed by atoms with Crippen molar-refractivity contribution in [1.29, 1.82) is 0 Å². The van der Waals surface area contributed by atoms with Crippen molar-refractivity contribution in [3.05, 3.63) is 53.3 Å². The molecular weight excluding hydrogens is 266 g/mol. The summed E-state index contributed by atoms with van der Waals surface area (Å²) in [5.41, 5.74) is 1.77. The molecule has 0 atom stereocenters. The Hall–Kier alpha value is -1.63. The van der Waals surface area contributed by atoms with Crippen LogP contribution in [0.5, 0.6) is 0 Å². The van der Waals surface area contributed by atoms with E-state index >= 15 is 0 Å². The van der Waals surface area contributed by atoms with Crippen molar-refractivity contribution in [2.75, 3.05) is 0 Å². The minimum atomic E-state index is -3.68. The predicted octanol–water partition coefficient (Wildman–Crippen LogP) is 1.02. The maximum absolute atomic E-state index is 12.3. The van der Waals surface area contributed by atoms with Gasteiger partial charge in [-0.2, -0.15) is 0 Å². The molecule has 0 radical (unpaired) electrons. The second-order valence-corrected chi connectivity index (χ2v) is 6.12. The van der Waals surface area contributed by atoms with Crippen LogP contribution in [0.3, 0.4) is 0 Å². The van der Waals surface area contributed by atoms with E-state index in [1.807, 2.05) is 6.92 Å². The van der Waals surface area contributed by atoms with Crippen molar-refractivity contribution in [3.8, 4) is 0 Å². The Labute approximate surface area is 111 Å². The molecule has 0 spiro atoms. The largest absolute Gasteiger partial charge is 0.392 e. The highest BCUT2D eigenvalue weighted by atomic mass is 32.2. The average Bonchev–Trinajstić information content (AvgIpc) is 2.83. The zero-order valence-corrected chi connectivity index (χ0v) is 11.3. The molecule has 2 aromatic rings. The van der Waals surface area contributed by atoms with Gasteiger partial charge in [-0.1, -0.05) is 17.7 Å². The fourth-order valence-corrected chi connectivity index (χ4v) is 3.02. The quantitative estimate of drug-likeness (QED) is 0.877. The highest BCUT2D eigenvalue weighted by Crippen LogP contribution is 2.19. The van der Waals surface area contributed by atoms with Crippen LogP contribution in [-0.4, -0.2) is 22.6 Å². The highest BCUT2D eigenvalue weighted by Gasteiger charge is 2.18. The molecule has 0 bridgehead atoms. The molecule has 5 nitrogen and oxygen atoms in total. The van der Waals surface area contributed by atoms with Gasteiger partial charge in [0.1, 0.15) is 0 Å². The minimum Gasteiger partial charge on any atom is -0.392 e. The fourth-order valence-electron chi connectivity index (χ4n) is 1.77. The van der Waals surface area contributed by atoms with E-state index in [-0.39, 0.29) is 18.1 Å². The maximum Gasteiger partial charge on any atom is 0.267 e. The van der Waals surface area contributed by atoms with E-state index in [0.29, 0.717) is 11.1 Å². The van der Waals surface area contributed by atoms with Crippen molar-refractivity contribution < 1.29 is 18.6 Å². The number of benzene rings is 1. The first-order chi connectivity index (χ1) is 8.98. The van der Waals surface area contributed by atoms with Crippen LogP contribution in [0, 0.1) is 6.92 Å². The van der Waals surface area contributed by atoms with Crippen LogP contribution < -0.4 is 0 Å². The summed E-state index contributed by atoms with van der Waals surface area (Å²) >= 11 is 0. The number of rotatable bonds is 4. The molecule has 19 heavy (non-hydrogen) atoms. The van der Waals surface area contributed by atoms with Crippen LogP contribution in [0.25, 0.3) is 0 Å². The van der Waals surface area contributed by atoms with Crippen LogP contribution in [0.2, 0.25) is 0 Å². The van der Waals surface area contributed by atoms with Gasteiger partial charge in [-0.25, -0.2) is 12.4 Å². The molecule has 0 saturated heterocycles. The Kier molecular flexibility index (Phi) is 3.75. The van der Waals surface area contributed by atoms with Gasteiger partial charge in [-0.15, -0.1) is 0 Å². The van der Waals surface area contributed by atoms with E-state index in [2.05, 4.69) is 0 Å². The van der Waals surface area contributed by atoms with Crippen LogP contribution in [0.4, 0.5) is 0 Å². The van der Waals surface area contributed by atoms with Crippen molar-refractivity contribution in [1.82, 2.24) is 3.97 Å². The lowest BCUT2D eigenvalue weighted by Crippen LogP contribution is -2.10. The van der Waals surface area contributed by atoms with E-state index in [1.54, 1.807) is 12.1 Å². The van der Waals surface area contributed by atoms with Crippen LogP contribution in [0.1, 0.15) is 16.7 Å². The number of nitrogens with zero attached hydrogens (tertiary/aromatic N) is 1. The monoisotopic (exact) mass is 281 g/mol. The molecule has 0 aliphatic rings. The normalized spacial score (nSPS) is 11.7. The molecule has 0 fully saturated rings. The Balaban J connectivity index is 2.50. The molecule has 1 heterocycles. The third-order valence-electron chi connectivity index (χ3n) is 2.92. The van der Waals surface area contributed by atoms with Gasteiger partial charge in [0.05, 0.1) is 18.1 Å². The molecular formula is C13H15NO4S. The summed E-state index contributed by atoms with van der Waals surface area (Å²) in [4.78, 5) is 0.169.